The van der Waals surface area contributed by atoms with E-state index in [9.17, 15) is 13.2 Å². The zero-order valence-electron chi connectivity index (χ0n) is 8.45. The lowest BCUT2D eigenvalue weighted by Gasteiger charge is -2.11. The summed E-state index contributed by atoms with van der Waals surface area (Å²) in [5.74, 6) is -0.683. The molecule has 5 nitrogen and oxygen atoms in total. The first-order valence-corrected chi connectivity index (χ1v) is 5.99. The van der Waals surface area contributed by atoms with Gasteiger partial charge in [0.05, 0.1) is 12.9 Å². The number of nitrogens with one attached hydrogen (secondary N) is 1. The number of sulfonamides is 1. The van der Waals surface area contributed by atoms with Gasteiger partial charge in [-0.3, -0.25) is 4.79 Å². The quantitative estimate of drug-likeness (QED) is 0.646. The third kappa shape index (κ3) is 5.18. The van der Waals surface area contributed by atoms with Crippen molar-refractivity contribution in [1.29, 1.82) is 0 Å². The molecule has 0 rings (SSSR count). The molecule has 0 heterocycles. The molecule has 0 aromatic rings. The lowest BCUT2D eigenvalue weighted by Crippen LogP contribution is -2.40. The molecule has 14 heavy (non-hydrogen) atoms. The van der Waals surface area contributed by atoms with Gasteiger partial charge in [0.15, 0.2) is 0 Å². The van der Waals surface area contributed by atoms with Crippen LogP contribution in [-0.2, 0) is 19.6 Å². The minimum atomic E-state index is -3.41. The van der Waals surface area contributed by atoms with E-state index in [1.807, 2.05) is 6.92 Å². The fraction of sp³-hybridized carbons (Fsp3) is 0.750. The molecule has 1 N–H and O–H groups in total. The Labute approximate surface area is 84.9 Å². The van der Waals surface area contributed by atoms with Crippen molar-refractivity contribution in [3.63, 3.8) is 0 Å². The molecule has 6 heteroatoms. The van der Waals surface area contributed by atoms with Crippen LogP contribution in [0.15, 0.2) is 0 Å². The number of rotatable bonds is 6. The van der Waals surface area contributed by atoms with Crippen LogP contribution < -0.4 is 4.72 Å². The number of carbonyl (C=O) groups excluding carboxylic acids is 1. The van der Waals surface area contributed by atoms with E-state index in [-0.39, 0.29) is 5.75 Å². The summed E-state index contributed by atoms with van der Waals surface area (Å²) in [5, 5.41) is 0. The van der Waals surface area contributed by atoms with E-state index in [1.165, 1.54) is 7.11 Å². The number of ether oxygens (including phenoxy) is 1. The van der Waals surface area contributed by atoms with Gasteiger partial charge in [-0.2, -0.15) is 0 Å². The largest absolute Gasteiger partial charge is 0.468 e. The second kappa shape index (κ2) is 5.98. The first-order valence-electron chi connectivity index (χ1n) is 4.34. The van der Waals surface area contributed by atoms with E-state index in [2.05, 4.69) is 16.4 Å². The lowest BCUT2D eigenvalue weighted by atomic mass is 10.4. The zero-order valence-corrected chi connectivity index (χ0v) is 9.26. The maximum Gasteiger partial charge on any atom is 0.323 e. The van der Waals surface area contributed by atoms with Gasteiger partial charge in [-0.05, 0) is 13.3 Å². The number of esters is 1. The van der Waals surface area contributed by atoms with Gasteiger partial charge in [0.1, 0.15) is 6.04 Å². The summed E-state index contributed by atoms with van der Waals surface area (Å²) >= 11 is 0. The second-order valence-corrected chi connectivity index (χ2v) is 4.74. The molecule has 0 saturated carbocycles. The Hall–Kier alpha value is -0.620. The molecule has 0 bridgehead atoms. The van der Waals surface area contributed by atoms with Gasteiger partial charge in [0.25, 0.3) is 0 Å². The summed E-state index contributed by atoms with van der Waals surface area (Å²) in [5.41, 5.74) is 0. The number of carbonyl (C=O) groups is 1. The van der Waals surface area contributed by atoms with Crippen LogP contribution in [0.5, 0.6) is 0 Å². The Bertz CT molecular complexity index is 273. The summed E-state index contributed by atoms with van der Waals surface area (Å²) in [4.78, 5) is 10.9. The van der Waals surface area contributed by atoms with Crippen molar-refractivity contribution in [3.8, 4) is 0 Å². The highest BCUT2D eigenvalue weighted by atomic mass is 32.2. The third-order valence-corrected chi connectivity index (χ3v) is 3.04. The predicted octanol–water partition coefficient (Wildman–Crippen LogP) is 0.0816. The average molecular weight is 222 g/mol. The molecule has 1 unspecified atom stereocenters. The van der Waals surface area contributed by atoms with Crippen molar-refractivity contribution in [2.45, 2.75) is 25.8 Å². The maximum absolute atomic E-state index is 11.3. The Kier molecular flexibility index (Phi) is 5.71. The summed E-state index contributed by atoms with van der Waals surface area (Å²) < 4.78 is 29.0. The molecular weight excluding hydrogens is 206 g/mol. The number of methoxy groups -OCH3 is 1. The fourth-order valence-corrected chi connectivity index (χ4v) is 2.12. The van der Waals surface area contributed by atoms with Crippen molar-refractivity contribution in [2.75, 3.05) is 12.9 Å². The Balaban J connectivity index is 4.15. The van der Waals surface area contributed by atoms with Crippen molar-refractivity contribution >= 4 is 16.0 Å². The molecule has 0 aliphatic rings. The molecule has 0 amide bonds. The molecular formula is C8H16NO4S. The highest BCUT2D eigenvalue weighted by Gasteiger charge is 2.19. The monoisotopic (exact) mass is 222 g/mol. The normalized spacial score (nSPS) is 13.6. The summed E-state index contributed by atoms with van der Waals surface area (Å²) in [7, 11) is -2.23. The predicted molar refractivity (Wildman–Crippen MR) is 53.0 cm³/mol. The molecule has 0 aliphatic heterocycles. The molecule has 0 saturated heterocycles. The first-order chi connectivity index (χ1) is 6.43. The Morgan fingerprint density at radius 1 is 1.57 bits per heavy atom. The van der Waals surface area contributed by atoms with Gasteiger partial charge in [0, 0.05) is 0 Å². The smallest absolute Gasteiger partial charge is 0.323 e. The van der Waals surface area contributed by atoms with Crippen LogP contribution in [-0.4, -0.2) is 33.3 Å². The molecule has 1 atom stereocenters. The number of hydrogen-bond donors (Lipinski definition) is 1. The molecule has 1 radical (unpaired) electrons. The van der Waals surface area contributed by atoms with Crippen LogP contribution in [0.4, 0.5) is 0 Å². The summed E-state index contributed by atoms with van der Waals surface area (Å²) in [6, 6.07) is -1.07. The molecule has 0 aliphatic carbocycles. The third-order valence-electron chi connectivity index (χ3n) is 1.57. The van der Waals surface area contributed by atoms with E-state index in [1.54, 1.807) is 0 Å². The summed E-state index contributed by atoms with van der Waals surface area (Å²) in [6.07, 6.45) is 1.34. The zero-order chi connectivity index (χ0) is 11.2. The van der Waals surface area contributed by atoms with Gasteiger partial charge in [-0.1, -0.05) is 13.3 Å². The van der Waals surface area contributed by atoms with Gasteiger partial charge >= 0.3 is 5.97 Å². The average Bonchev–Trinajstić information content (AvgIpc) is 2.12. The molecule has 0 aromatic heterocycles. The second-order valence-electron chi connectivity index (χ2n) is 2.87. The highest BCUT2D eigenvalue weighted by molar-refractivity contribution is 7.89. The minimum absolute atomic E-state index is 0.00646. The summed E-state index contributed by atoms with van der Waals surface area (Å²) in [6.45, 7) is 5.22. The van der Waals surface area contributed by atoms with Crippen LogP contribution in [0.3, 0.4) is 0 Å². The van der Waals surface area contributed by atoms with E-state index >= 15 is 0 Å². The number of hydrogen-bond acceptors (Lipinski definition) is 4. The maximum atomic E-state index is 11.3. The molecule has 0 aromatic carbocycles. The van der Waals surface area contributed by atoms with E-state index in [0.29, 0.717) is 6.42 Å². The van der Waals surface area contributed by atoms with E-state index < -0.39 is 22.0 Å². The number of unbranched alkanes of at least 4 members (excludes halogenated alkanes) is 1. The topological polar surface area (TPSA) is 72.5 Å². The van der Waals surface area contributed by atoms with Gasteiger partial charge in [0.2, 0.25) is 10.0 Å². The van der Waals surface area contributed by atoms with Crippen LogP contribution in [0.1, 0.15) is 19.8 Å². The standard InChI is InChI=1S/C8H16NO4S/c1-4-5-6-14(11,12)9-7(2)8(10)13-3/h7,9H,2,4-6H2,1,3H3. The Morgan fingerprint density at radius 2 is 2.14 bits per heavy atom. The van der Waals surface area contributed by atoms with Gasteiger partial charge in [-0.25, -0.2) is 13.1 Å². The van der Waals surface area contributed by atoms with E-state index in [4.69, 9.17) is 0 Å². The van der Waals surface area contributed by atoms with Crippen molar-refractivity contribution < 1.29 is 17.9 Å². The van der Waals surface area contributed by atoms with Crippen molar-refractivity contribution in [1.82, 2.24) is 4.72 Å². The van der Waals surface area contributed by atoms with Crippen LogP contribution in [0, 0.1) is 6.92 Å². The van der Waals surface area contributed by atoms with Crippen LogP contribution >= 0.6 is 0 Å². The van der Waals surface area contributed by atoms with E-state index in [0.717, 1.165) is 6.42 Å². The van der Waals surface area contributed by atoms with Crippen molar-refractivity contribution in [2.24, 2.45) is 0 Å². The van der Waals surface area contributed by atoms with Crippen LogP contribution in [0.25, 0.3) is 0 Å². The van der Waals surface area contributed by atoms with Gasteiger partial charge < -0.3 is 4.74 Å². The van der Waals surface area contributed by atoms with Crippen molar-refractivity contribution in [3.05, 3.63) is 6.92 Å². The highest BCUT2D eigenvalue weighted by Crippen LogP contribution is 1.96. The molecule has 0 spiro atoms. The Morgan fingerprint density at radius 3 is 2.57 bits per heavy atom. The SMILES string of the molecule is [CH2]C(NS(=O)(=O)CCCC)C(=O)OC. The molecule has 83 valence electrons. The minimum Gasteiger partial charge on any atom is -0.468 e. The molecule has 0 fully saturated rings. The first kappa shape index (κ1) is 13.4. The van der Waals surface area contributed by atoms with Gasteiger partial charge in [-0.15, -0.1) is 0 Å². The van der Waals surface area contributed by atoms with Crippen LogP contribution in [0.2, 0.25) is 0 Å². The lowest BCUT2D eigenvalue weighted by molar-refractivity contribution is -0.141. The fourth-order valence-electron chi connectivity index (χ4n) is 0.800.